The van der Waals surface area contributed by atoms with Gasteiger partial charge in [0.2, 0.25) is 0 Å². The summed E-state index contributed by atoms with van der Waals surface area (Å²) in [5.41, 5.74) is -1.60. The number of fused-ring (bicyclic) bond motifs is 1. The van der Waals surface area contributed by atoms with E-state index in [2.05, 4.69) is 0 Å². The van der Waals surface area contributed by atoms with Gasteiger partial charge in [0.25, 0.3) is 11.6 Å². The molecule has 32 heavy (non-hydrogen) atoms. The highest BCUT2D eigenvalue weighted by molar-refractivity contribution is 6.31. The Hall–Kier alpha value is -3.62. The molecular weight excluding hydrogens is 439 g/mol. The van der Waals surface area contributed by atoms with Gasteiger partial charge in [-0.1, -0.05) is 35.9 Å². The van der Waals surface area contributed by atoms with Crippen molar-refractivity contribution in [1.29, 1.82) is 0 Å². The first kappa shape index (κ1) is 21.6. The fourth-order valence-corrected chi connectivity index (χ4v) is 4.00. The summed E-state index contributed by atoms with van der Waals surface area (Å²) in [6, 6.07) is 15.4. The number of non-ortho nitro benzene ring substituents is 1. The van der Waals surface area contributed by atoms with Crippen molar-refractivity contribution in [3.63, 3.8) is 0 Å². The second-order valence-electron chi connectivity index (χ2n) is 7.37. The zero-order valence-electron chi connectivity index (χ0n) is 16.5. The number of nitrogens with zero attached hydrogens (tertiary/aromatic N) is 2. The van der Waals surface area contributed by atoms with Crippen LogP contribution in [0.2, 0.25) is 5.02 Å². The summed E-state index contributed by atoms with van der Waals surface area (Å²) in [5, 5.41) is 22.3. The molecule has 0 saturated carbocycles. The molecule has 7 nitrogen and oxygen atoms in total. The van der Waals surface area contributed by atoms with Gasteiger partial charge in [0.05, 0.1) is 23.6 Å². The maximum atomic E-state index is 14.3. The van der Waals surface area contributed by atoms with Gasteiger partial charge in [-0.25, -0.2) is 4.39 Å². The molecule has 1 aliphatic rings. The van der Waals surface area contributed by atoms with Crippen LogP contribution in [-0.4, -0.2) is 21.7 Å². The van der Waals surface area contributed by atoms with E-state index in [1.165, 1.54) is 53.4 Å². The number of Topliss-reactive ketones (excluding diaryl/α,β-unsaturated/α-hetero) is 1. The molecule has 9 heteroatoms. The summed E-state index contributed by atoms with van der Waals surface area (Å²) >= 11 is 6.11. The fourth-order valence-electron chi connectivity index (χ4n) is 3.78. The summed E-state index contributed by atoms with van der Waals surface area (Å²) in [4.78, 5) is 37.5. The number of carbonyl (C=O) groups is 2. The number of hydrogen-bond donors (Lipinski definition) is 1. The quantitative estimate of drug-likeness (QED) is 0.338. The van der Waals surface area contributed by atoms with Crippen molar-refractivity contribution >= 4 is 34.7 Å². The lowest BCUT2D eigenvalue weighted by Gasteiger charge is -2.23. The minimum Gasteiger partial charge on any atom is -0.375 e. The van der Waals surface area contributed by atoms with Crippen molar-refractivity contribution in [2.24, 2.45) is 0 Å². The van der Waals surface area contributed by atoms with E-state index in [0.29, 0.717) is 5.69 Å². The van der Waals surface area contributed by atoms with Gasteiger partial charge in [-0.05, 0) is 30.3 Å². The molecule has 0 saturated heterocycles. The van der Waals surface area contributed by atoms with Gasteiger partial charge in [-0.15, -0.1) is 0 Å². The minimum atomic E-state index is -2.17. The van der Waals surface area contributed by atoms with Crippen LogP contribution < -0.4 is 4.90 Å². The molecule has 1 atom stereocenters. The Bertz CT molecular complexity index is 1230. The molecule has 0 spiro atoms. The average Bonchev–Trinajstić information content (AvgIpc) is 2.98. The molecule has 3 aromatic rings. The molecular formula is C23H16ClFN2O5. The average molecular weight is 455 g/mol. The Balaban J connectivity index is 1.67. The van der Waals surface area contributed by atoms with Crippen LogP contribution in [0.15, 0.2) is 66.7 Å². The highest BCUT2D eigenvalue weighted by Crippen LogP contribution is 2.44. The molecule has 0 bridgehead atoms. The summed E-state index contributed by atoms with van der Waals surface area (Å²) in [6.07, 6.45) is -0.581. The molecule has 1 N–H and O–H groups in total. The number of halogens is 2. The molecule has 0 radical (unpaired) electrons. The molecule has 0 aromatic heterocycles. The predicted molar refractivity (Wildman–Crippen MR) is 115 cm³/mol. The normalized spacial score (nSPS) is 17.3. The first-order chi connectivity index (χ1) is 15.2. The lowest BCUT2D eigenvalue weighted by molar-refractivity contribution is -0.384. The number of benzene rings is 3. The third-order valence-corrected chi connectivity index (χ3v) is 5.79. The van der Waals surface area contributed by atoms with Crippen LogP contribution in [0.3, 0.4) is 0 Å². The number of para-hydroxylation sites is 1. The topological polar surface area (TPSA) is 101 Å². The Kier molecular flexibility index (Phi) is 5.50. The van der Waals surface area contributed by atoms with Crippen LogP contribution in [0.25, 0.3) is 0 Å². The highest BCUT2D eigenvalue weighted by Gasteiger charge is 2.51. The van der Waals surface area contributed by atoms with Gasteiger partial charge in [-0.2, -0.15) is 0 Å². The molecule has 1 heterocycles. The molecule has 3 aromatic carbocycles. The largest absolute Gasteiger partial charge is 0.375 e. The number of carbonyl (C=O) groups excluding carboxylic acids is 2. The molecule has 1 aliphatic heterocycles. The van der Waals surface area contributed by atoms with E-state index in [0.717, 1.165) is 0 Å². The van der Waals surface area contributed by atoms with E-state index >= 15 is 0 Å². The van der Waals surface area contributed by atoms with Crippen molar-refractivity contribution in [3.8, 4) is 0 Å². The third-order valence-electron chi connectivity index (χ3n) is 5.43. The summed E-state index contributed by atoms with van der Waals surface area (Å²) in [6.45, 7) is -0.227. The van der Waals surface area contributed by atoms with E-state index in [1.807, 2.05) is 0 Å². The van der Waals surface area contributed by atoms with Crippen LogP contribution in [0.5, 0.6) is 0 Å². The Labute approximate surface area is 186 Å². The van der Waals surface area contributed by atoms with Crippen molar-refractivity contribution < 1.29 is 24.0 Å². The number of aliphatic hydroxyl groups is 1. The molecule has 162 valence electrons. The van der Waals surface area contributed by atoms with Crippen molar-refractivity contribution in [3.05, 3.63) is 104 Å². The Morgan fingerprint density at radius 2 is 1.78 bits per heavy atom. The SMILES string of the molecule is O=C(C[C@]1(O)C(=O)N(Cc2c(F)cccc2Cl)c2ccccc21)c1ccc([N+](=O)[O-])cc1. The summed E-state index contributed by atoms with van der Waals surface area (Å²) in [5.74, 6) is -1.95. The monoisotopic (exact) mass is 454 g/mol. The lowest BCUT2D eigenvalue weighted by atomic mass is 9.88. The minimum absolute atomic E-state index is 0.0864. The molecule has 4 rings (SSSR count). The zero-order chi connectivity index (χ0) is 23.0. The van der Waals surface area contributed by atoms with E-state index in [9.17, 15) is 29.2 Å². The van der Waals surface area contributed by atoms with Crippen molar-refractivity contribution in [2.45, 2.75) is 18.6 Å². The van der Waals surface area contributed by atoms with Crippen LogP contribution in [0.4, 0.5) is 15.8 Å². The fraction of sp³-hybridized carbons (Fsp3) is 0.130. The van der Waals surface area contributed by atoms with E-state index in [-0.39, 0.29) is 33.9 Å². The van der Waals surface area contributed by atoms with Gasteiger partial charge in [0.1, 0.15) is 5.82 Å². The number of ketones is 1. The van der Waals surface area contributed by atoms with Gasteiger partial charge >= 0.3 is 0 Å². The Morgan fingerprint density at radius 1 is 1.09 bits per heavy atom. The molecule has 0 aliphatic carbocycles. The maximum absolute atomic E-state index is 14.3. The van der Waals surface area contributed by atoms with Crippen LogP contribution in [0.1, 0.15) is 27.9 Å². The zero-order valence-corrected chi connectivity index (χ0v) is 17.3. The first-order valence-electron chi connectivity index (χ1n) is 9.57. The van der Waals surface area contributed by atoms with Crippen LogP contribution in [0, 0.1) is 15.9 Å². The van der Waals surface area contributed by atoms with Crippen molar-refractivity contribution in [1.82, 2.24) is 0 Å². The van der Waals surface area contributed by atoms with Crippen molar-refractivity contribution in [2.75, 3.05) is 4.90 Å². The molecule has 0 fully saturated rings. The van der Waals surface area contributed by atoms with Gasteiger partial charge < -0.3 is 10.0 Å². The van der Waals surface area contributed by atoms with Crippen LogP contribution >= 0.6 is 11.6 Å². The lowest BCUT2D eigenvalue weighted by Crippen LogP contribution is -2.41. The molecule has 0 unspecified atom stereocenters. The smallest absolute Gasteiger partial charge is 0.269 e. The van der Waals surface area contributed by atoms with E-state index in [4.69, 9.17) is 11.6 Å². The van der Waals surface area contributed by atoms with E-state index in [1.54, 1.807) is 18.2 Å². The van der Waals surface area contributed by atoms with Gasteiger partial charge in [-0.3, -0.25) is 19.7 Å². The molecule has 1 amide bonds. The number of nitro benzene ring substituents is 1. The third kappa shape index (κ3) is 3.63. The standard InChI is InChI=1S/C23H16ClFN2O5/c24-18-5-3-6-19(25)16(18)13-26-20-7-2-1-4-17(20)23(30,22(26)29)12-21(28)14-8-10-15(11-9-14)27(31)32/h1-11,30H,12-13H2/t23-/m1/s1. The number of rotatable bonds is 6. The number of anilines is 1. The summed E-state index contributed by atoms with van der Waals surface area (Å²) in [7, 11) is 0. The predicted octanol–water partition coefficient (Wildman–Crippen LogP) is 4.39. The first-order valence-corrected chi connectivity index (χ1v) is 9.94. The van der Waals surface area contributed by atoms with Gasteiger partial charge in [0.15, 0.2) is 11.4 Å². The van der Waals surface area contributed by atoms with Crippen LogP contribution in [-0.2, 0) is 16.9 Å². The maximum Gasteiger partial charge on any atom is 0.269 e. The number of hydrogen-bond acceptors (Lipinski definition) is 5. The van der Waals surface area contributed by atoms with E-state index < -0.39 is 34.5 Å². The summed E-state index contributed by atoms with van der Waals surface area (Å²) < 4.78 is 14.3. The second kappa shape index (κ2) is 8.14. The Morgan fingerprint density at radius 3 is 2.44 bits per heavy atom. The second-order valence-corrected chi connectivity index (χ2v) is 7.78. The number of nitro groups is 1. The highest BCUT2D eigenvalue weighted by atomic mass is 35.5. The number of amides is 1. The van der Waals surface area contributed by atoms with Gasteiger partial charge in [0, 0.05) is 33.8 Å².